The van der Waals surface area contributed by atoms with Crippen molar-refractivity contribution < 1.29 is 4.74 Å². The average molecular weight is 451 g/mol. The minimum atomic E-state index is 0.239. The average Bonchev–Trinajstić information content (AvgIpc) is 2.77. The van der Waals surface area contributed by atoms with Crippen molar-refractivity contribution >= 4 is 45.3 Å². The Morgan fingerprint density at radius 3 is 3.04 bits per heavy atom. The molecule has 2 aromatic heterocycles. The molecule has 1 atom stereocenters. The van der Waals surface area contributed by atoms with E-state index in [2.05, 4.69) is 50.0 Å². The van der Waals surface area contributed by atoms with E-state index in [1.807, 2.05) is 30.0 Å². The third-order valence-electron chi connectivity index (χ3n) is 4.22. The van der Waals surface area contributed by atoms with Crippen molar-refractivity contribution in [2.75, 3.05) is 24.7 Å². The van der Waals surface area contributed by atoms with Gasteiger partial charge in [-0.2, -0.15) is 10.2 Å². The Kier molecular flexibility index (Phi) is 4.42. The molecule has 1 saturated heterocycles. The number of hydrazone groups is 1. The zero-order valence-electron chi connectivity index (χ0n) is 14.0. The topological polar surface area (TPSA) is 80.5 Å². The summed E-state index contributed by atoms with van der Waals surface area (Å²) in [4.78, 5) is 11.7. The van der Waals surface area contributed by atoms with Crippen molar-refractivity contribution in [1.29, 1.82) is 0 Å². The van der Waals surface area contributed by atoms with Crippen LogP contribution in [-0.4, -0.2) is 51.3 Å². The number of rotatable bonds is 2. The summed E-state index contributed by atoms with van der Waals surface area (Å²) in [5.41, 5.74) is 6.10. The van der Waals surface area contributed by atoms with Gasteiger partial charge in [-0.05, 0) is 41.7 Å². The Morgan fingerprint density at radius 1 is 1.32 bits per heavy atom. The summed E-state index contributed by atoms with van der Waals surface area (Å²) in [5, 5.41) is 9.00. The van der Waals surface area contributed by atoms with E-state index >= 15 is 0 Å². The smallest absolute Gasteiger partial charge is 0.227 e. The number of aromatic nitrogens is 4. The summed E-state index contributed by atoms with van der Waals surface area (Å²) >= 11 is 2.25. The molecule has 0 radical (unpaired) electrons. The van der Waals surface area contributed by atoms with Crippen LogP contribution in [0.3, 0.4) is 0 Å². The lowest BCUT2D eigenvalue weighted by Crippen LogP contribution is -2.44. The lowest BCUT2D eigenvalue weighted by molar-refractivity contribution is 0.0981. The molecule has 0 saturated carbocycles. The SMILES string of the molecule is C[C@@H]1COCCN1c1nc(I)c2c(n1)c(C1=NNC=CC=C1)nn2C. The Balaban J connectivity index is 1.86. The largest absolute Gasteiger partial charge is 0.377 e. The molecule has 0 amide bonds. The molecule has 2 aliphatic heterocycles. The van der Waals surface area contributed by atoms with Gasteiger partial charge in [0.05, 0.1) is 19.3 Å². The first-order chi connectivity index (χ1) is 12.1. The van der Waals surface area contributed by atoms with Gasteiger partial charge in [0.2, 0.25) is 5.95 Å². The summed E-state index contributed by atoms with van der Waals surface area (Å²) in [6.07, 6.45) is 7.51. The Labute approximate surface area is 158 Å². The molecule has 2 aromatic rings. The number of nitrogens with one attached hydrogen (secondary N) is 1. The van der Waals surface area contributed by atoms with Crippen LogP contribution in [0.2, 0.25) is 0 Å². The molecular formula is C16H18IN7O. The molecule has 9 heteroatoms. The van der Waals surface area contributed by atoms with Gasteiger partial charge in [-0.25, -0.2) is 9.97 Å². The molecule has 0 bridgehead atoms. The summed E-state index contributed by atoms with van der Waals surface area (Å²) in [6.45, 7) is 4.28. The van der Waals surface area contributed by atoms with Crippen LogP contribution in [0.15, 0.2) is 29.5 Å². The van der Waals surface area contributed by atoms with E-state index in [1.54, 1.807) is 6.20 Å². The number of hydrogen-bond donors (Lipinski definition) is 1. The van der Waals surface area contributed by atoms with E-state index in [0.29, 0.717) is 19.2 Å². The van der Waals surface area contributed by atoms with Crippen LogP contribution in [-0.2, 0) is 11.8 Å². The number of morpholine rings is 1. The molecule has 2 aliphatic rings. The van der Waals surface area contributed by atoms with Crippen LogP contribution in [0.25, 0.3) is 11.0 Å². The van der Waals surface area contributed by atoms with Gasteiger partial charge in [0.1, 0.15) is 26.1 Å². The number of nitrogens with zero attached hydrogens (tertiary/aromatic N) is 6. The van der Waals surface area contributed by atoms with E-state index in [0.717, 1.165) is 32.7 Å². The van der Waals surface area contributed by atoms with Gasteiger partial charge >= 0.3 is 0 Å². The Hall–Kier alpha value is -2.01. The first-order valence-electron chi connectivity index (χ1n) is 8.06. The molecule has 25 heavy (non-hydrogen) atoms. The summed E-state index contributed by atoms with van der Waals surface area (Å²) in [6, 6.07) is 0.239. The highest BCUT2D eigenvalue weighted by Gasteiger charge is 2.25. The van der Waals surface area contributed by atoms with Gasteiger partial charge in [0.25, 0.3) is 0 Å². The molecule has 0 aromatic carbocycles. The number of aryl methyl sites for hydroxylation is 1. The van der Waals surface area contributed by atoms with Gasteiger partial charge < -0.3 is 9.64 Å². The molecule has 1 N–H and O–H groups in total. The zero-order valence-corrected chi connectivity index (χ0v) is 16.1. The first kappa shape index (κ1) is 16.5. The molecular weight excluding hydrogens is 433 g/mol. The molecule has 0 aliphatic carbocycles. The maximum atomic E-state index is 5.53. The monoisotopic (exact) mass is 451 g/mol. The van der Waals surface area contributed by atoms with Gasteiger partial charge in [-0.15, -0.1) is 0 Å². The lowest BCUT2D eigenvalue weighted by atomic mass is 10.2. The van der Waals surface area contributed by atoms with Crippen molar-refractivity contribution in [3.05, 3.63) is 33.8 Å². The second-order valence-electron chi connectivity index (χ2n) is 5.95. The number of anilines is 1. The van der Waals surface area contributed by atoms with Gasteiger partial charge in [-0.3, -0.25) is 10.1 Å². The summed E-state index contributed by atoms with van der Waals surface area (Å²) in [7, 11) is 1.90. The van der Waals surface area contributed by atoms with Crippen LogP contribution in [0.5, 0.6) is 0 Å². The van der Waals surface area contributed by atoms with Gasteiger partial charge in [-0.1, -0.05) is 6.08 Å². The van der Waals surface area contributed by atoms with Crippen LogP contribution >= 0.6 is 22.6 Å². The number of halogens is 1. The van der Waals surface area contributed by atoms with E-state index in [-0.39, 0.29) is 6.04 Å². The molecule has 4 heterocycles. The van der Waals surface area contributed by atoms with E-state index in [4.69, 9.17) is 14.7 Å². The number of fused-ring (bicyclic) bond motifs is 1. The third kappa shape index (κ3) is 3.01. The van der Waals surface area contributed by atoms with Crippen molar-refractivity contribution in [1.82, 2.24) is 25.2 Å². The highest BCUT2D eigenvalue weighted by Crippen LogP contribution is 2.26. The maximum absolute atomic E-state index is 5.53. The Bertz CT molecular complexity index is 902. The minimum absolute atomic E-state index is 0.239. The molecule has 4 rings (SSSR count). The maximum Gasteiger partial charge on any atom is 0.227 e. The molecule has 130 valence electrons. The van der Waals surface area contributed by atoms with Crippen molar-refractivity contribution in [3.8, 4) is 0 Å². The quantitative estimate of drug-likeness (QED) is 0.552. The van der Waals surface area contributed by atoms with Crippen LogP contribution in [0, 0.1) is 3.70 Å². The number of ether oxygens (including phenoxy) is 1. The highest BCUT2D eigenvalue weighted by molar-refractivity contribution is 14.1. The second kappa shape index (κ2) is 6.71. The van der Waals surface area contributed by atoms with Crippen LogP contribution in [0.4, 0.5) is 5.95 Å². The molecule has 0 spiro atoms. The number of hydrogen-bond acceptors (Lipinski definition) is 7. The molecule has 8 nitrogen and oxygen atoms in total. The predicted molar refractivity (Wildman–Crippen MR) is 105 cm³/mol. The second-order valence-corrected chi connectivity index (χ2v) is 6.97. The highest BCUT2D eigenvalue weighted by atomic mass is 127. The van der Waals surface area contributed by atoms with Gasteiger partial charge in [0, 0.05) is 19.8 Å². The fourth-order valence-corrected chi connectivity index (χ4v) is 3.78. The fraction of sp³-hybridized carbons (Fsp3) is 0.375. The van der Waals surface area contributed by atoms with E-state index < -0.39 is 0 Å². The van der Waals surface area contributed by atoms with Crippen LogP contribution in [0.1, 0.15) is 12.6 Å². The number of allylic oxidation sites excluding steroid dienone is 3. The first-order valence-corrected chi connectivity index (χ1v) is 9.14. The normalized spacial score (nSPS) is 20.5. The molecule has 1 fully saturated rings. The standard InChI is InChI=1S/C16H18IN7O/c1-10-9-25-8-7-24(10)16-19-13-12(11-5-3-4-6-18-21-11)22-23(2)14(13)15(17)20-16/h3-6,10,18H,7-9H2,1-2H3/t10-/m1/s1. The third-order valence-corrected chi connectivity index (χ3v) is 4.97. The van der Waals surface area contributed by atoms with E-state index in [9.17, 15) is 0 Å². The minimum Gasteiger partial charge on any atom is -0.377 e. The van der Waals surface area contributed by atoms with Gasteiger partial charge in [0.15, 0.2) is 0 Å². The van der Waals surface area contributed by atoms with Crippen molar-refractivity contribution in [2.24, 2.45) is 12.1 Å². The van der Waals surface area contributed by atoms with Crippen molar-refractivity contribution in [3.63, 3.8) is 0 Å². The van der Waals surface area contributed by atoms with Crippen LogP contribution < -0.4 is 10.3 Å². The zero-order chi connectivity index (χ0) is 17.4. The van der Waals surface area contributed by atoms with Crippen molar-refractivity contribution in [2.45, 2.75) is 13.0 Å². The molecule has 0 unspecified atom stereocenters. The Morgan fingerprint density at radius 2 is 2.20 bits per heavy atom. The lowest BCUT2D eigenvalue weighted by Gasteiger charge is -2.33. The summed E-state index contributed by atoms with van der Waals surface area (Å²) < 4.78 is 8.22. The predicted octanol–water partition coefficient (Wildman–Crippen LogP) is 1.57. The fourth-order valence-electron chi connectivity index (χ4n) is 2.96. The summed E-state index contributed by atoms with van der Waals surface area (Å²) in [5.74, 6) is 0.714. The van der Waals surface area contributed by atoms with E-state index in [1.165, 1.54) is 0 Å².